The number of nitrogens with one attached hydrogen (secondary N) is 6. The van der Waals surface area contributed by atoms with Crippen molar-refractivity contribution in [2.24, 2.45) is 17.2 Å². The molecule has 0 heterocycles. The van der Waals surface area contributed by atoms with Gasteiger partial charge in [0.15, 0.2) is 0 Å². The number of carbonyl (C=O) groups is 7. The second-order valence-corrected chi connectivity index (χ2v) is 13.1. The molecule has 2 aromatic rings. The van der Waals surface area contributed by atoms with Crippen LogP contribution in [0.3, 0.4) is 0 Å². The fourth-order valence-electron chi connectivity index (χ4n) is 4.81. The van der Waals surface area contributed by atoms with Crippen LogP contribution in [-0.2, 0) is 28.8 Å². The number of aliphatic hydroxyl groups excluding tert-OH is 1. The molecule has 6 atom stereocenters. The van der Waals surface area contributed by atoms with E-state index in [1.54, 1.807) is 50.2 Å². The Hall–Kier alpha value is -4.94. The molecule has 0 saturated carbocycles. The van der Waals surface area contributed by atoms with Crippen LogP contribution in [0.5, 0.6) is 0 Å². The van der Waals surface area contributed by atoms with E-state index in [1.807, 2.05) is 12.1 Å². The van der Waals surface area contributed by atoms with Gasteiger partial charge in [0.05, 0.1) is 6.10 Å². The molecule has 53 heavy (non-hydrogen) atoms. The third-order valence-electron chi connectivity index (χ3n) is 7.80. The van der Waals surface area contributed by atoms with Gasteiger partial charge in [0, 0.05) is 23.2 Å². The molecule has 17 nitrogen and oxygen atoms in total. The largest absolute Gasteiger partial charge is 0.391 e. The molecule has 0 bridgehead atoms. The van der Waals surface area contributed by atoms with E-state index < -0.39 is 77.7 Å². The molecule has 2 rings (SSSR count). The van der Waals surface area contributed by atoms with Crippen LogP contribution in [-0.4, -0.2) is 102 Å². The zero-order valence-corrected chi connectivity index (χ0v) is 30.9. The number of hydrogen-bond acceptors (Lipinski definition) is 11. The number of carbonyl (C=O) groups excluding carboxylic acids is 7. The Kier molecular flexibility index (Phi) is 18.0. The minimum absolute atomic E-state index is 0.0829. The highest BCUT2D eigenvalue weighted by molar-refractivity contribution is 6.38. The van der Waals surface area contributed by atoms with Crippen LogP contribution in [0.1, 0.15) is 57.3 Å². The van der Waals surface area contributed by atoms with Gasteiger partial charge in [-0.2, -0.15) is 0 Å². The van der Waals surface area contributed by atoms with E-state index in [-0.39, 0.29) is 24.6 Å². The van der Waals surface area contributed by atoms with E-state index in [4.69, 9.17) is 28.8 Å². The van der Waals surface area contributed by atoms with Gasteiger partial charge in [0.25, 0.3) is 17.6 Å². The Morgan fingerprint density at radius 2 is 1.25 bits per heavy atom. The normalized spacial score (nSPS) is 14.4. The van der Waals surface area contributed by atoms with E-state index in [0.717, 1.165) is 11.1 Å². The summed E-state index contributed by atoms with van der Waals surface area (Å²) in [5.74, 6) is -6.21. The van der Waals surface area contributed by atoms with Gasteiger partial charge in [-0.3, -0.25) is 33.6 Å². The third-order valence-corrected chi connectivity index (χ3v) is 8.05. The number of halogens is 1. The average molecular weight is 760 g/mol. The molecule has 0 aromatic heterocycles. The van der Waals surface area contributed by atoms with E-state index in [2.05, 4.69) is 31.9 Å². The summed E-state index contributed by atoms with van der Waals surface area (Å²) in [7, 11) is 0. The Morgan fingerprint density at radius 1 is 0.679 bits per heavy atom. The minimum atomic E-state index is -1.69. The zero-order valence-electron chi connectivity index (χ0n) is 30.1. The van der Waals surface area contributed by atoms with Crippen LogP contribution in [0.2, 0.25) is 5.02 Å². The molecular formula is C35H50ClN9O8. The lowest BCUT2D eigenvalue weighted by Gasteiger charge is -2.26. The fourth-order valence-corrected chi connectivity index (χ4v) is 4.94. The maximum absolute atomic E-state index is 13.2. The van der Waals surface area contributed by atoms with Crippen LogP contribution in [0, 0.1) is 0 Å². The summed E-state index contributed by atoms with van der Waals surface area (Å²) in [4.78, 5) is 89.7. The van der Waals surface area contributed by atoms with Gasteiger partial charge in [0.1, 0.15) is 30.3 Å². The molecule has 0 radical (unpaired) electrons. The van der Waals surface area contributed by atoms with Gasteiger partial charge >= 0.3 is 0 Å². The first-order chi connectivity index (χ1) is 25.0. The van der Waals surface area contributed by atoms with Crippen molar-refractivity contribution in [2.45, 2.75) is 89.4 Å². The van der Waals surface area contributed by atoms with E-state index in [9.17, 15) is 38.7 Å². The first-order valence-electron chi connectivity index (χ1n) is 17.1. The van der Waals surface area contributed by atoms with Crippen molar-refractivity contribution in [1.29, 1.82) is 0 Å². The Bertz CT molecular complexity index is 1590. The summed E-state index contributed by atoms with van der Waals surface area (Å²) in [6.45, 7) is 5.77. The molecule has 18 heteroatoms. The molecular weight excluding hydrogens is 710 g/mol. The molecule has 290 valence electrons. The Labute approximate surface area is 312 Å². The maximum atomic E-state index is 13.2. The lowest BCUT2D eigenvalue weighted by Crippen LogP contribution is -2.61. The van der Waals surface area contributed by atoms with Gasteiger partial charge in [-0.15, -0.1) is 0 Å². The highest BCUT2D eigenvalue weighted by Crippen LogP contribution is 2.22. The molecule has 13 N–H and O–H groups in total. The number of benzene rings is 2. The van der Waals surface area contributed by atoms with Gasteiger partial charge in [-0.25, -0.2) is 0 Å². The second kappa shape index (κ2) is 21.6. The highest BCUT2D eigenvalue weighted by atomic mass is 35.5. The van der Waals surface area contributed by atoms with Crippen LogP contribution >= 0.6 is 11.6 Å². The lowest BCUT2D eigenvalue weighted by atomic mass is 10.0. The van der Waals surface area contributed by atoms with Crippen molar-refractivity contribution in [3.8, 4) is 11.1 Å². The number of aliphatic hydroxyl groups is 1. The summed E-state index contributed by atoms with van der Waals surface area (Å²) in [5.41, 5.74) is 19.0. The first-order valence-corrected chi connectivity index (χ1v) is 17.4. The molecule has 0 fully saturated rings. The van der Waals surface area contributed by atoms with Crippen LogP contribution < -0.4 is 49.1 Å². The molecule has 0 saturated heterocycles. The van der Waals surface area contributed by atoms with Crippen molar-refractivity contribution in [3.05, 3.63) is 59.1 Å². The highest BCUT2D eigenvalue weighted by Gasteiger charge is 2.33. The monoisotopic (exact) mass is 759 g/mol. The quantitative estimate of drug-likeness (QED) is 0.0423. The summed E-state index contributed by atoms with van der Waals surface area (Å²) in [5, 5.41) is 25.3. The van der Waals surface area contributed by atoms with Crippen molar-refractivity contribution in [2.75, 3.05) is 13.1 Å². The SMILES string of the molecule is CC(C)NC(=O)C(=O)C(N)NC(=O)C(CCCCN)NC(=O)C(C)NC(=O)C(NC(=O)C(CN)NC(=O)c1ccc(-c2ccc(Cl)cc2)cc1)C(C)O. The fraction of sp³-hybridized carbons (Fsp3) is 0.457. The molecule has 0 aliphatic carbocycles. The first kappa shape index (κ1) is 44.2. The molecule has 6 amide bonds. The van der Waals surface area contributed by atoms with Crippen molar-refractivity contribution < 1.29 is 38.7 Å². The minimum Gasteiger partial charge on any atom is -0.391 e. The number of Topliss-reactive ketones (excluding diaryl/α,β-unsaturated/α-hetero) is 1. The van der Waals surface area contributed by atoms with E-state index >= 15 is 0 Å². The predicted octanol–water partition coefficient (Wildman–Crippen LogP) is -1.46. The number of amides is 6. The van der Waals surface area contributed by atoms with Gasteiger partial charge in [0.2, 0.25) is 23.6 Å². The lowest BCUT2D eigenvalue weighted by molar-refractivity contribution is -0.140. The number of ketones is 1. The predicted molar refractivity (Wildman–Crippen MR) is 198 cm³/mol. The molecule has 6 unspecified atom stereocenters. The molecule has 2 aromatic carbocycles. The number of rotatable bonds is 20. The van der Waals surface area contributed by atoms with Crippen LogP contribution in [0.25, 0.3) is 11.1 Å². The number of hydrogen-bond donors (Lipinski definition) is 10. The van der Waals surface area contributed by atoms with Gasteiger partial charge in [-0.05, 0) is 88.9 Å². The van der Waals surface area contributed by atoms with Gasteiger partial charge < -0.3 is 54.2 Å². The second-order valence-electron chi connectivity index (χ2n) is 12.6. The average Bonchev–Trinajstić information content (AvgIpc) is 3.11. The third kappa shape index (κ3) is 14.2. The Morgan fingerprint density at radius 3 is 1.77 bits per heavy atom. The van der Waals surface area contributed by atoms with Gasteiger partial charge in [-0.1, -0.05) is 35.9 Å². The smallest absolute Gasteiger partial charge is 0.291 e. The number of nitrogens with two attached hydrogens (primary N) is 3. The van der Waals surface area contributed by atoms with Crippen molar-refractivity contribution in [3.63, 3.8) is 0 Å². The summed E-state index contributed by atoms with van der Waals surface area (Å²) >= 11 is 5.95. The van der Waals surface area contributed by atoms with Crippen molar-refractivity contribution in [1.82, 2.24) is 31.9 Å². The zero-order chi connectivity index (χ0) is 39.8. The summed E-state index contributed by atoms with van der Waals surface area (Å²) < 4.78 is 0. The van der Waals surface area contributed by atoms with Crippen LogP contribution in [0.15, 0.2) is 48.5 Å². The standard InChI is InChI=1S/C35H50ClN9O8/c1-18(2)40-35(53)28(47)29(39)45-32(50)25(7-5-6-16-37)42-30(48)19(3)41-34(52)27(20(4)46)44-33(51)26(17-38)43-31(49)23-10-8-21(9-11-23)22-12-14-24(36)15-13-22/h8-15,18-20,25-27,29,46H,5-7,16-17,37-39H2,1-4H3,(H,40,53)(H,41,52)(H,42,48)(H,43,49)(H,44,51)(H,45,50). The molecule has 0 spiro atoms. The number of unbranched alkanes of at least 4 members (excludes halogenated alkanes) is 1. The summed E-state index contributed by atoms with van der Waals surface area (Å²) in [6.07, 6.45) is -2.16. The Balaban J connectivity index is 2.05. The maximum Gasteiger partial charge on any atom is 0.291 e. The van der Waals surface area contributed by atoms with Crippen LogP contribution in [0.4, 0.5) is 0 Å². The van der Waals surface area contributed by atoms with E-state index in [0.29, 0.717) is 24.4 Å². The summed E-state index contributed by atoms with van der Waals surface area (Å²) in [6, 6.07) is 7.97. The topological polar surface area (TPSA) is 290 Å². The van der Waals surface area contributed by atoms with E-state index in [1.165, 1.54) is 13.8 Å². The molecule has 0 aliphatic heterocycles. The van der Waals surface area contributed by atoms with Crippen molar-refractivity contribution >= 4 is 52.8 Å². The molecule has 0 aliphatic rings.